The number of rotatable bonds is 5. The van der Waals surface area contributed by atoms with Crippen LogP contribution in [0.4, 0.5) is 0 Å². The molecule has 0 atom stereocenters. The largest absolute Gasteiger partial charge is 0.468 e. The molecule has 0 radical (unpaired) electrons. The topological polar surface area (TPSA) is 50.6 Å². The second kappa shape index (κ2) is 6.51. The van der Waals surface area contributed by atoms with Crippen molar-refractivity contribution < 1.29 is 9.53 Å². The number of hydrogen-bond acceptors (Lipinski definition) is 5. The van der Waals surface area contributed by atoms with Crippen molar-refractivity contribution in [3.8, 4) is 0 Å². The Morgan fingerprint density at radius 1 is 1.22 bits per heavy atom. The molecule has 2 heterocycles. The van der Waals surface area contributed by atoms with E-state index in [1.165, 1.54) is 7.11 Å². The summed E-state index contributed by atoms with van der Waals surface area (Å²) in [4.78, 5) is 19.7. The molecule has 6 nitrogen and oxygen atoms in total. The Bertz CT molecular complexity index is 358. The number of ether oxygens (including phenoxy) is 1. The number of carbonyl (C=O) groups excluding carboxylic acids is 1. The fraction of sp³-hybridized carbons (Fsp3) is 0.667. The third-order valence-electron chi connectivity index (χ3n) is 3.28. The molecule has 18 heavy (non-hydrogen) atoms. The highest BCUT2D eigenvalue weighted by atomic mass is 16.5. The quantitative estimate of drug-likeness (QED) is 0.672. The van der Waals surface area contributed by atoms with Gasteiger partial charge in [0, 0.05) is 51.7 Å². The molecule has 0 spiro atoms. The molecular formula is C12H20N4O2. The molecule has 100 valence electrons. The molecule has 1 saturated heterocycles. The minimum Gasteiger partial charge on any atom is -0.468 e. The lowest BCUT2D eigenvalue weighted by Gasteiger charge is -2.33. The van der Waals surface area contributed by atoms with Crippen LogP contribution in [-0.2, 0) is 16.1 Å². The van der Waals surface area contributed by atoms with Crippen LogP contribution in [0, 0.1) is 0 Å². The Morgan fingerprint density at radius 3 is 2.56 bits per heavy atom. The fourth-order valence-corrected chi connectivity index (χ4v) is 2.09. The van der Waals surface area contributed by atoms with Gasteiger partial charge in [-0.3, -0.25) is 14.6 Å². The summed E-state index contributed by atoms with van der Waals surface area (Å²) >= 11 is 0. The van der Waals surface area contributed by atoms with E-state index >= 15 is 0 Å². The summed E-state index contributed by atoms with van der Waals surface area (Å²) in [6.45, 7) is 6.28. The average molecular weight is 252 g/mol. The maximum absolute atomic E-state index is 11.2. The predicted octanol–water partition coefficient (Wildman–Crippen LogP) is -0.326. The number of aromatic nitrogens is 2. The Morgan fingerprint density at radius 2 is 1.94 bits per heavy atom. The van der Waals surface area contributed by atoms with Crippen LogP contribution < -0.4 is 0 Å². The van der Waals surface area contributed by atoms with Crippen LogP contribution in [0.15, 0.2) is 18.7 Å². The Kier molecular flexibility index (Phi) is 4.72. The van der Waals surface area contributed by atoms with Gasteiger partial charge in [0.15, 0.2) is 0 Å². The molecule has 0 amide bonds. The lowest BCUT2D eigenvalue weighted by atomic mass is 10.3. The number of hydrogen-bond donors (Lipinski definition) is 0. The van der Waals surface area contributed by atoms with Gasteiger partial charge in [-0.25, -0.2) is 4.98 Å². The fourth-order valence-electron chi connectivity index (χ4n) is 2.09. The number of imidazole rings is 1. The van der Waals surface area contributed by atoms with E-state index in [1.807, 2.05) is 12.5 Å². The van der Waals surface area contributed by atoms with Gasteiger partial charge in [0.1, 0.15) is 0 Å². The first-order valence-electron chi connectivity index (χ1n) is 6.25. The third kappa shape index (κ3) is 3.82. The number of esters is 1. The van der Waals surface area contributed by atoms with E-state index in [0.29, 0.717) is 6.54 Å². The standard InChI is InChI=1S/C12H20N4O2/c1-18-12(17)10-15-7-4-14(5-8-15)6-9-16-3-2-13-11-16/h2-3,11H,4-10H2,1H3. The highest BCUT2D eigenvalue weighted by molar-refractivity contribution is 5.71. The van der Waals surface area contributed by atoms with Gasteiger partial charge < -0.3 is 9.30 Å². The van der Waals surface area contributed by atoms with Crippen molar-refractivity contribution in [1.82, 2.24) is 19.4 Å². The summed E-state index contributed by atoms with van der Waals surface area (Å²) in [5.74, 6) is -0.151. The van der Waals surface area contributed by atoms with Crippen molar-refractivity contribution in [2.75, 3.05) is 46.4 Å². The molecule has 0 saturated carbocycles. The van der Waals surface area contributed by atoms with Crippen LogP contribution in [0.2, 0.25) is 0 Å². The van der Waals surface area contributed by atoms with Crippen LogP contribution in [0.3, 0.4) is 0 Å². The lowest BCUT2D eigenvalue weighted by Crippen LogP contribution is -2.48. The minimum absolute atomic E-state index is 0.151. The van der Waals surface area contributed by atoms with Crippen molar-refractivity contribution in [1.29, 1.82) is 0 Å². The predicted molar refractivity (Wildman–Crippen MR) is 67.1 cm³/mol. The van der Waals surface area contributed by atoms with Crippen molar-refractivity contribution in [3.05, 3.63) is 18.7 Å². The van der Waals surface area contributed by atoms with Crippen LogP contribution in [0.1, 0.15) is 0 Å². The maximum atomic E-state index is 11.2. The first-order valence-corrected chi connectivity index (χ1v) is 6.25. The van der Waals surface area contributed by atoms with Crippen LogP contribution >= 0.6 is 0 Å². The van der Waals surface area contributed by atoms with Gasteiger partial charge in [-0.2, -0.15) is 0 Å². The van der Waals surface area contributed by atoms with E-state index in [9.17, 15) is 4.79 Å². The van der Waals surface area contributed by atoms with Crippen LogP contribution in [0.25, 0.3) is 0 Å². The van der Waals surface area contributed by atoms with Gasteiger partial charge in [-0.15, -0.1) is 0 Å². The second-order valence-corrected chi connectivity index (χ2v) is 4.49. The van der Waals surface area contributed by atoms with Gasteiger partial charge in [0.2, 0.25) is 0 Å². The zero-order valence-electron chi connectivity index (χ0n) is 10.8. The van der Waals surface area contributed by atoms with Gasteiger partial charge in [-0.1, -0.05) is 0 Å². The van der Waals surface area contributed by atoms with E-state index in [2.05, 4.69) is 24.1 Å². The molecular weight excluding hydrogens is 232 g/mol. The van der Waals surface area contributed by atoms with Crippen molar-refractivity contribution in [2.24, 2.45) is 0 Å². The van der Waals surface area contributed by atoms with E-state index in [1.54, 1.807) is 6.20 Å². The van der Waals surface area contributed by atoms with Crippen molar-refractivity contribution in [3.63, 3.8) is 0 Å². The van der Waals surface area contributed by atoms with Gasteiger partial charge in [-0.05, 0) is 0 Å². The SMILES string of the molecule is COC(=O)CN1CCN(CCn2ccnc2)CC1. The lowest BCUT2D eigenvalue weighted by molar-refractivity contribution is -0.142. The molecule has 1 aromatic heterocycles. The zero-order valence-corrected chi connectivity index (χ0v) is 10.8. The van der Waals surface area contributed by atoms with Gasteiger partial charge in [0.05, 0.1) is 20.0 Å². The number of carbonyl (C=O) groups is 1. The summed E-state index contributed by atoms with van der Waals surface area (Å²) in [5.41, 5.74) is 0. The summed E-state index contributed by atoms with van der Waals surface area (Å²) in [5, 5.41) is 0. The molecule has 1 aromatic rings. The monoisotopic (exact) mass is 252 g/mol. The van der Waals surface area contributed by atoms with E-state index in [4.69, 9.17) is 0 Å². The Labute approximate surface area is 107 Å². The first-order chi connectivity index (χ1) is 8.78. The molecule has 1 aliphatic heterocycles. The molecule has 2 rings (SSSR count). The van der Waals surface area contributed by atoms with Crippen LogP contribution in [-0.4, -0.2) is 71.7 Å². The van der Waals surface area contributed by atoms with Crippen molar-refractivity contribution >= 4 is 5.97 Å². The summed E-state index contributed by atoms with van der Waals surface area (Å²) < 4.78 is 6.76. The number of nitrogens with zero attached hydrogens (tertiary/aromatic N) is 4. The van der Waals surface area contributed by atoms with E-state index < -0.39 is 0 Å². The van der Waals surface area contributed by atoms with Gasteiger partial charge in [0.25, 0.3) is 0 Å². The van der Waals surface area contributed by atoms with E-state index in [-0.39, 0.29) is 5.97 Å². The molecule has 0 N–H and O–H groups in total. The average Bonchev–Trinajstić information content (AvgIpc) is 2.91. The number of methoxy groups -OCH3 is 1. The summed E-state index contributed by atoms with van der Waals surface area (Å²) in [7, 11) is 1.43. The van der Waals surface area contributed by atoms with Crippen LogP contribution in [0.5, 0.6) is 0 Å². The van der Waals surface area contributed by atoms with Gasteiger partial charge >= 0.3 is 5.97 Å². The Balaban J connectivity index is 1.65. The highest BCUT2D eigenvalue weighted by Crippen LogP contribution is 2.02. The second-order valence-electron chi connectivity index (χ2n) is 4.49. The normalized spacial score (nSPS) is 17.8. The summed E-state index contributed by atoms with van der Waals surface area (Å²) in [6, 6.07) is 0. The molecule has 0 bridgehead atoms. The highest BCUT2D eigenvalue weighted by Gasteiger charge is 2.18. The molecule has 0 unspecified atom stereocenters. The first kappa shape index (κ1) is 13.0. The zero-order chi connectivity index (χ0) is 12.8. The molecule has 1 aliphatic rings. The molecule has 0 aromatic carbocycles. The number of piperazine rings is 1. The third-order valence-corrected chi connectivity index (χ3v) is 3.28. The Hall–Kier alpha value is -1.40. The maximum Gasteiger partial charge on any atom is 0.319 e. The molecule has 0 aliphatic carbocycles. The summed E-state index contributed by atoms with van der Waals surface area (Å²) in [6.07, 6.45) is 5.62. The minimum atomic E-state index is -0.151. The van der Waals surface area contributed by atoms with Crippen molar-refractivity contribution in [2.45, 2.75) is 6.54 Å². The smallest absolute Gasteiger partial charge is 0.319 e. The van der Waals surface area contributed by atoms with E-state index in [0.717, 1.165) is 39.3 Å². The molecule has 6 heteroatoms. The molecule has 1 fully saturated rings.